The Bertz CT molecular complexity index is 2650. The largest absolute Gasteiger partial charge is 0.449 e. The molecule has 8 aromatic carbocycles. The summed E-state index contributed by atoms with van der Waals surface area (Å²) in [4.78, 5) is 2.32. The molecule has 50 heavy (non-hydrogen) atoms. The smallest absolute Gasteiger partial charge is 0.172 e. The molecule has 0 spiro atoms. The molecule has 0 bridgehead atoms. The molecule has 1 aliphatic rings. The molecule has 0 saturated heterocycles. The lowest BCUT2D eigenvalue weighted by molar-refractivity contribution is 0.359. The first-order valence-electron chi connectivity index (χ1n) is 16.8. The molecular formula is C46H30N2O2. The van der Waals surface area contributed by atoms with Crippen LogP contribution in [0.5, 0.6) is 23.0 Å². The van der Waals surface area contributed by atoms with Crippen LogP contribution in [0, 0.1) is 0 Å². The van der Waals surface area contributed by atoms with Gasteiger partial charge < -0.3 is 18.9 Å². The van der Waals surface area contributed by atoms with Crippen LogP contribution in [0.4, 0.5) is 17.1 Å². The number of fused-ring (bicyclic) bond motifs is 6. The second-order valence-corrected chi connectivity index (χ2v) is 12.6. The van der Waals surface area contributed by atoms with Gasteiger partial charge in [0, 0.05) is 33.6 Å². The fourth-order valence-electron chi connectivity index (χ4n) is 7.30. The van der Waals surface area contributed by atoms with E-state index in [1.807, 2.05) is 12.1 Å². The Morgan fingerprint density at radius 2 is 0.940 bits per heavy atom. The van der Waals surface area contributed by atoms with Crippen LogP contribution in [0.25, 0.3) is 49.4 Å². The van der Waals surface area contributed by atoms with Crippen molar-refractivity contribution in [1.82, 2.24) is 4.57 Å². The number of aromatic nitrogens is 1. The minimum atomic E-state index is 0.697. The molecule has 236 valence electrons. The highest BCUT2D eigenvalue weighted by Crippen LogP contribution is 2.48. The summed E-state index contributed by atoms with van der Waals surface area (Å²) in [5.74, 6) is 2.79. The molecule has 0 radical (unpaired) electrons. The summed E-state index contributed by atoms with van der Waals surface area (Å²) in [6.45, 7) is 0. The number of anilines is 3. The van der Waals surface area contributed by atoms with Gasteiger partial charge >= 0.3 is 0 Å². The Morgan fingerprint density at radius 3 is 1.68 bits per heavy atom. The predicted molar refractivity (Wildman–Crippen MR) is 205 cm³/mol. The zero-order chi connectivity index (χ0) is 33.0. The zero-order valence-electron chi connectivity index (χ0n) is 27.0. The fourth-order valence-corrected chi connectivity index (χ4v) is 7.30. The molecule has 4 nitrogen and oxygen atoms in total. The van der Waals surface area contributed by atoms with Crippen LogP contribution in [0.1, 0.15) is 0 Å². The van der Waals surface area contributed by atoms with Gasteiger partial charge in [-0.15, -0.1) is 0 Å². The van der Waals surface area contributed by atoms with E-state index >= 15 is 0 Å². The molecule has 4 heteroatoms. The van der Waals surface area contributed by atoms with E-state index < -0.39 is 0 Å². The van der Waals surface area contributed by atoms with E-state index in [4.69, 9.17) is 9.47 Å². The van der Waals surface area contributed by atoms with Crippen molar-refractivity contribution in [3.8, 4) is 39.8 Å². The molecule has 0 saturated carbocycles. The normalized spacial score (nSPS) is 11.9. The van der Waals surface area contributed by atoms with Crippen molar-refractivity contribution < 1.29 is 9.47 Å². The first-order chi connectivity index (χ1) is 24.8. The van der Waals surface area contributed by atoms with Crippen molar-refractivity contribution in [1.29, 1.82) is 0 Å². The summed E-state index contributed by atoms with van der Waals surface area (Å²) >= 11 is 0. The third kappa shape index (κ3) is 4.61. The monoisotopic (exact) mass is 642 g/mol. The van der Waals surface area contributed by atoms with Crippen molar-refractivity contribution in [2.45, 2.75) is 0 Å². The van der Waals surface area contributed by atoms with Gasteiger partial charge in [0.15, 0.2) is 23.0 Å². The highest BCUT2D eigenvalue weighted by Gasteiger charge is 2.22. The van der Waals surface area contributed by atoms with Crippen LogP contribution in [0.15, 0.2) is 182 Å². The molecule has 1 aromatic heterocycles. The predicted octanol–water partition coefficient (Wildman–Crippen LogP) is 13.0. The van der Waals surface area contributed by atoms with Crippen molar-refractivity contribution >= 4 is 49.6 Å². The first kappa shape index (κ1) is 28.3. The minimum absolute atomic E-state index is 0.697. The van der Waals surface area contributed by atoms with Crippen LogP contribution in [0.2, 0.25) is 0 Å². The second-order valence-electron chi connectivity index (χ2n) is 12.6. The summed E-state index contributed by atoms with van der Waals surface area (Å²) in [5, 5.41) is 4.87. The quantitative estimate of drug-likeness (QED) is 0.187. The topological polar surface area (TPSA) is 26.6 Å². The van der Waals surface area contributed by atoms with Gasteiger partial charge in [-0.25, -0.2) is 0 Å². The molecule has 9 aromatic rings. The van der Waals surface area contributed by atoms with Crippen LogP contribution in [-0.4, -0.2) is 4.57 Å². The molecular weight excluding hydrogens is 613 g/mol. The number of hydrogen-bond acceptors (Lipinski definition) is 3. The maximum atomic E-state index is 6.47. The lowest BCUT2D eigenvalue weighted by Crippen LogP contribution is -2.10. The van der Waals surface area contributed by atoms with E-state index in [0.717, 1.165) is 44.9 Å². The average molecular weight is 643 g/mol. The zero-order valence-corrected chi connectivity index (χ0v) is 27.0. The lowest BCUT2D eigenvalue weighted by atomic mass is 10.0. The van der Waals surface area contributed by atoms with Crippen molar-refractivity contribution in [3.05, 3.63) is 182 Å². The van der Waals surface area contributed by atoms with Gasteiger partial charge in [-0.2, -0.15) is 0 Å². The summed E-state index contributed by atoms with van der Waals surface area (Å²) in [6.07, 6.45) is 0. The third-order valence-electron chi connectivity index (χ3n) is 9.63. The molecule has 0 N–H and O–H groups in total. The highest BCUT2D eigenvalue weighted by atomic mass is 16.6. The average Bonchev–Trinajstić information content (AvgIpc) is 3.52. The van der Waals surface area contributed by atoms with Crippen LogP contribution >= 0.6 is 0 Å². The molecule has 0 atom stereocenters. The van der Waals surface area contributed by atoms with Crippen LogP contribution in [0.3, 0.4) is 0 Å². The molecule has 0 aliphatic carbocycles. The third-order valence-corrected chi connectivity index (χ3v) is 9.63. The van der Waals surface area contributed by atoms with Crippen LogP contribution in [-0.2, 0) is 0 Å². The summed E-state index contributed by atoms with van der Waals surface area (Å²) in [6, 6.07) is 63.6. The number of nitrogens with zero attached hydrogens (tertiary/aromatic N) is 2. The van der Waals surface area contributed by atoms with E-state index in [1.165, 1.54) is 21.5 Å². The lowest BCUT2D eigenvalue weighted by Gasteiger charge is -2.27. The van der Waals surface area contributed by atoms with E-state index in [-0.39, 0.29) is 0 Å². The summed E-state index contributed by atoms with van der Waals surface area (Å²) < 4.78 is 15.2. The maximum absolute atomic E-state index is 6.47. The Morgan fingerprint density at radius 1 is 0.380 bits per heavy atom. The summed E-state index contributed by atoms with van der Waals surface area (Å²) in [7, 11) is 0. The molecule has 0 fully saturated rings. The minimum Gasteiger partial charge on any atom is -0.449 e. The van der Waals surface area contributed by atoms with Crippen LogP contribution < -0.4 is 14.4 Å². The Kier molecular flexibility index (Phi) is 6.46. The summed E-state index contributed by atoms with van der Waals surface area (Å²) in [5.41, 5.74) is 8.83. The van der Waals surface area contributed by atoms with E-state index in [9.17, 15) is 0 Å². The van der Waals surface area contributed by atoms with Gasteiger partial charge in [0.05, 0.1) is 22.4 Å². The van der Waals surface area contributed by atoms with Crippen molar-refractivity contribution in [2.75, 3.05) is 4.90 Å². The Balaban J connectivity index is 0.972. The molecule has 2 heterocycles. The standard InChI is InChI=1S/C46H30N2O2/c1-2-13-34(14-3-1)47(40-20-10-12-32-11-4-5-15-37(32)40)35-24-21-31(22-25-35)33-23-27-43-45(29-33)49-44-28-26-36(30-46(44)50-43)48-41-18-8-6-16-38(41)39-17-7-9-19-42(39)48/h1-30H. The number of hydrogen-bond donors (Lipinski definition) is 0. The highest BCUT2D eigenvalue weighted by molar-refractivity contribution is 6.09. The SMILES string of the molecule is c1ccc(N(c2ccc(-c3ccc4c(c3)Oc3ccc(-n5c6ccccc6c6ccccc65)cc3O4)cc2)c2cccc3ccccc23)cc1. The Labute approximate surface area is 289 Å². The number of para-hydroxylation sites is 3. The molecule has 10 rings (SSSR count). The first-order valence-corrected chi connectivity index (χ1v) is 16.8. The van der Waals surface area contributed by atoms with Gasteiger partial charge in [0.1, 0.15) is 0 Å². The number of ether oxygens (including phenoxy) is 2. The van der Waals surface area contributed by atoms with E-state index in [1.54, 1.807) is 0 Å². The number of benzene rings is 8. The fraction of sp³-hybridized carbons (Fsp3) is 0. The van der Waals surface area contributed by atoms with E-state index in [2.05, 4.69) is 179 Å². The van der Waals surface area contributed by atoms with Gasteiger partial charge in [0.25, 0.3) is 0 Å². The van der Waals surface area contributed by atoms with Gasteiger partial charge in [-0.3, -0.25) is 0 Å². The second kappa shape index (κ2) is 11.4. The van der Waals surface area contributed by atoms with Gasteiger partial charge in [-0.1, -0.05) is 109 Å². The molecule has 0 unspecified atom stereocenters. The number of rotatable bonds is 5. The Hall–Kier alpha value is -6.78. The molecule has 1 aliphatic heterocycles. The molecule has 0 amide bonds. The van der Waals surface area contributed by atoms with Crippen molar-refractivity contribution in [2.24, 2.45) is 0 Å². The van der Waals surface area contributed by atoms with Gasteiger partial charge in [-0.05, 0) is 83.2 Å². The maximum Gasteiger partial charge on any atom is 0.172 e. The van der Waals surface area contributed by atoms with Crippen molar-refractivity contribution in [3.63, 3.8) is 0 Å². The van der Waals surface area contributed by atoms with Gasteiger partial charge in [0.2, 0.25) is 0 Å². The van der Waals surface area contributed by atoms with E-state index in [0.29, 0.717) is 23.0 Å².